The fraction of sp³-hybridized carbons (Fsp3) is 0.500. The number of amides is 1. The highest BCUT2D eigenvalue weighted by Gasteiger charge is 2.64. The quantitative estimate of drug-likeness (QED) is 0.248. The minimum atomic E-state index is -2.70. The van der Waals surface area contributed by atoms with Crippen molar-refractivity contribution in [3.63, 3.8) is 0 Å². The van der Waals surface area contributed by atoms with Gasteiger partial charge in [0.2, 0.25) is 5.78 Å². The van der Waals surface area contributed by atoms with Gasteiger partial charge in [-0.05, 0) is 77.8 Å². The predicted molar refractivity (Wildman–Crippen MR) is 178 cm³/mol. The van der Waals surface area contributed by atoms with Gasteiger partial charge in [0, 0.05) is 44.4 Å². The molecule has 47 heavy (non-hydrogen) atoms. The molecule has 256 valence electrons. The molecule has 0 aliphatic heterocycles. The molecule has 1 fully saturated rings. The van der Waals surface area contributed by atoms with Crippen molar-refractivity contribution in [3.05, 3.63) is 52.0 Å². The second-order valence-electron chi connectivity index (χ2n) is 13.3. The lowest BCUT2D eigenvalue weighted by molar-refractivity contribution is -0.153. The molecule has 1 amide bonds. The van der Waals surface area contributed by atoms with Gasteiger partial charge in [-0.25, -0.2) is 0 Å². The third-order valence-electron chi connectivity index (χ3n) is 9.46. The first-order valence-electron chi connectivity index (χ1n) is 15.1. The van der Waals surface area contributed by atoms with E-state index in [0.717, 1.165) is 13.1 Å². The van der Waals surface area contributed by atoms with Gasteiger partial charge < -0.3 is 40.4 Å². The molecule has 13 nitrogen and oxygen atoms in total. The average molecular weight is 654 g/mol. The molecular formula is C34H47N5O8. The van der Waals surface area contributed by atoms with Gasteiger partial charge in [-0.3, -0.25) is 24.2 Å². The average Bonchev–Trinajstić information content (AvgIpc) is 3.41. The number of hydrogen-bond donors (Lipinski definition) is 5. The van der Waals surface area contributed by atoms with Crippen LogP contribution in [0.3, 0.4) is 0 Å². The second-order valence-corrected chi connectivity index (χ2v) is 13.3. The van der Waals surface area contributed by atoms with Gasteiger partial charge in [0.25, 0.3) is 5.91 Å². The van der Waals surface area contributed by atoms with Crippen molar-refractivity contribution in [2.75, 3.05) is 67.3 Å². The SMILES string of the molecule is C.CN(C)CCN(C)Cc1ccc(-c2cc(N(C)C)c3c(c2O)C(O)=C2C(=O)[C@]4(O)C(O)=C(C(N)=O)C(=O)[C@@H](N(C)C)[C@@H]4C[C@@H]2C3)o1. The number of rotatable bonds is 9. The number of carbonyl (C=O) groups excluding carboxylic acids is 3. The van der Waals surface area contributed by atoms with Gasteiger partial charge in [-0.2, -0.15) is 0 Å². The van der Waals surface area contributed by atoms with E-state index < -0.39 is 58.0 Å². The number of hydrogen-bond acceptors (Lipinski definition) is 12. The van der Waals surface area contributed by atoms with Crippen molar-refractivity contribution in [2.45, 2.75) is 38.5 Å². The van der Waals surface area contributed by atoms with E-state index in [9.17, 15) is 34.8 Å². The highest BCUT2D eigenvalue weighted by atomic mass is 16.4. The summed E-state index contributed by atoms with van der Waals surface area (Å²) in [4.78, 5) is 47.3. The van der Waals surface area contributed by atoms with Crippen molar-refractivity contribution in [3.8, 4) is 17.1 Å². The molecule has 1 heterocycles. The number of aliphatic hydroxyl groups is 3. The molecule has 2 aromatic rings. The van der Waals surface area contributed by atoms with Crippen LogP contribution >= 0.6 is 0 Å². The molecule has 0 radical (unpaired) electrons. The van der Waals surface area contributed by atoms with Crippen LogP contribution in [0.2, 0.25) is 0 Å². The Bertz CT molecular complexity index is 1670. The molecule has 1 aromatic carbocycles. The molecule has 3 aliphatic rings. The zero-order chi connectivity index (χ0) is 34.0. The number of aliphatic hydroxyl groups excluding tert-OH is 2. The molecule has 0 spiro atoms. The summed E-state index contributed by atoms with van der Waals surface area (Å²) in [6.07, 6.45) is 0.208. The molecule has 0 bridgehead atoms. The summed E-state index contributed by atoms with van der Waals surface area (Å²) in [6, 6.07) is 4.18. The first-order chi connectivity index (χ1) is 21.5. The van der Waals surface area contributed by atoms with Crippen LogP contribution in [-0.2, 0) is 27.3 Å². The van der Waals surface area contributed by atoms with E-state index in [2.05, 4.69) is 9.80 Å². The summed E-state index contributed by atoms with van der Waals surface area (Å²) in [6.45, 7) is 2.22. The number of primary amides is 1. The maximum Gasteiger partial charge on any atom is 0.255 e. The van der Waals surface area contributed by atoms with Crippen LogP contribution < -0.4 is 10.6 Å². The lowest BCUT2D eigenvalue weighted by Crippen LogP contribution is -2.65. The minimum absolute atomic E-state index is 0. The Kier molecular flexibility index (Phi) is 9.71. The van der Waals surface area contributed by atoms with E-state index in [1.165, 1.54) is 4.90 Å². The number of aromatic hydroxyl groups is 1. The van der Waals surface area contributed by atoms with Crippen LogP contribution in [0.15, 0.2) is 39.5 Å². The zero-order valence-corrected chi connectivity index (χ0v) is 27.3. The van der Waals surface area contributed by atoms with Gasteiger partial charge in [0.15, 0.2) is 11.4 Å². The molecule has 3 aliphatic carbocycles. The van der Waals surface area contributed by atoms with Crippen molar-refractivity contribution < 1.29 is 39.2 Å². The van der Waals surface area contributed by atoms with Gasteiger partial charge in [0.1, 0.15) is 34.4 Å². The summed E-state index contributed by atoms with van der Waals surface area (Å²) in [7, 11) is 12.8. The second kappa shape index (κ2) is 12.8. The number of nitrogens with two attached hydrogens (primary N) is 1. The first-order valence-corrected chi connectivity index (χ1v) is 15.1. The van der Waals surface area contributed by atoms with Crippen LogP contribution in [0.5, 0.6) is 5.75 Å². The molecule has 0 saturated heterocycles. The number of Topliss-reactive ketones (excluding diaryl/α,β-unsaturated/α-hetero) is 2. The van der Waals surface area contributed by atoms with Gasteiger partial charge >= 0.3 is 0 Å². The largest absolute Gasteiger partial charge is 0.508 e. The maximum absolute atomic E-state index is 14.2. The molecule has 4 atom stereocenters. The van der Waals surface area contributed by atoms with Crippen molar-refractivity contribution >= 4 is 28.9 Å². The van der Waals surface area contributed by atoms with Crippen LogP contribution in [0.1, 0.15) is 30.7 Å². The zero-order valence-electron chi connectivity index (χ0n) is 27.3. The third kappa shape index (κ3) is 5.71. The number of fused-ring (bicyclic) bond motifs is 3. The third-order valence-corrected chi connectivity index (χ3v) is 9.46. The topological polar surface area (TPSA) is 184 Å². The fourth-order valence-corrected chi connectivity index (χ4v) is 7.20. The van der Waals surface area contributed by atoms with Crippen LogP contribution in [0, 0.1) is 11.8 Å². The van der Waals surface area contributed by atoms with E-state index in [1.807, 2.05) is 46.2 Å². The van der Waals surface area contributed by atoms with Gasteiger partial charge in [-0.15, -0.1) is 0 Å². The van der Waals surface area contributed by atoms with Crippen LogP contribution in [0.4, 0.5) is 5.69 Å². The molecule has 1 saturated carbocycles. The number of ketones is 2. The lowest BCUT2D eigenvalue weighted by Gasteiger charge is -2.50. The number of anilines is 1. The van der Waals surface area contributed by atoms with E-state index in [1.54, 1.807) is 26.2 Å². The minimum Gasteiger partial charge on any atom is -0.508 e. The summed E-state index contributed by atoms with van der Waals surface area (Å²) in [5, 5.41) is 46.4. The van der Waals surface area contributed by atoms with E-state index >= 15 is 0 Å². The summed E-state index contributed by atoms with van der Waals surface area (Å²) in [5.74, 6) is -5.86. The molecule has 5 rings (SSSR count). The Morgan fingerprint density at radius 3 is 2.28 bits per heavy atom. The van der Waals surface area contributed by atoms with Gasteiger partial charge in [0.05, 0.1) is 23.7 Å². The fourth-order valence-electron chi connectivity index (χ4n) is 7.20. The number of nitrogens with zero attached hydrogens (tertiary/aromatic N) is 4. The van der Waals surface area contributed by atoms with Gasteiger partial charge in [-0.1, -0.05) is 7.43 Å². The Morgan fingerprint density at radius 1 is 1.04 bits per heavy atom. The lowest BCUT2D eigenvalue weighted by atomic mass is 9.57. The van der Waals surface area contributed by atoms with E-state index in [4.69, 9.17) is 10.2 Å². The standard InChI is InChI=1S/C33H43N5O8.CH4/c1-35(2)10-11-38(7)15-17-8-9-22(46-17)19-14-21(36(3)4)18-12-16-13-20-26(37(5)6)29(41)25(32(34)44)31(43)33(20,45)30(42)23(16)28(40)24(18)27(19)39;/h8-9,14,16,20,26,39-40,43,45H,10-13,15H2,1-7H3,(H2,34,44);1H4/t16-,20-,26-,33-;/m0./s1. The Labute approximate surface area is 275 Å². The number of phenolic OH excluding ortho intramolecular Hbond substituents is 1. The summed E-state index contributed by atoms with van der Waals surface area (Å²) >= 11 is 0. The highest BCUT2D eigenvalue weighted by Crippen LogP contribution is 2.55. The molecule has 0 unspecified atom stereocenters. The van der Waals surface area contributed by atoms with Crippen molar-refractivity contribution in [1.29, 1.82) is 0 Å². The molecule has 6 N–H and O–H groups in total. The monoisotopic (exact) mass is 653 g/mol. The Morgan fingerprint density at radius 2 is 1.70 bits per heavy atom. The normalized spacial score (nSPS) is 24.0. The predicted octanol–water partition coefficient (Wildman–Crippen LogP) is 1.92. The highest BCUT2D eigenvalue weighted by molar-refractivity contribution is 6.24. The maximum atomic E-state index is 14.2. The van der Waals surface area contributed by atoms with E-state index in [0.29, 0.717) is 34.9 Å². The summed E-state index contributed by atoms with van der Waals surface area (Å²) < 4.78 is 6.14. The number of furan rings is 1. The Hall–Kier alpha value is -4.17. The van der Waals surface area contributed by atoms with Crippen LogP contribution in [0.25, 0.3) is 17.1 Å². The molecule has 13 heteroatoms. The smallest absolute Gasteiger partial charge is 0.255 e. The Balaban J connectivity index is 0.00000500. The van der Waals surface area contributed by atoms with Crippen molar-refractivity contribution in [1.82, 2.24) is 14.7 Å². The number of likely N-dealkylation sites (N-methyl/N-ethyl adjacent to an activating group) is 3. The first kappa shape index (κ1) is 35.7. The van der Waals surface area contributed by atoms with Crippen LogP contribution in [-0.4, -0.2) is 127 Å². The molecular weight excluding hydrogens is 606 g/mol. The number of carbonyl (C=O) groups is 3. The number of benzene rings is 1. The molecule has 1 aromatic heterocycles. The van der Waals surface area contributed by atoms with Crippen molar-refractivity contribution in [2.24, 2.45) is 17.6 Å². The summed E-state index contributed by atoms with van der Waals surface area (Å²) in [5.41, 5.74) is 3.23. The number of phenols is 1. The van der Waals surface area contributed by atoms with E-state index in [-0.39, 0.29) is 37.2 Å².